The van der Waals surface area contributed by atoms with Crippen molar-refractivity contribution in [3.8, 4) is 0 Å². The maximum absolute atomic E-state index is 13.5. The third-order valence-electron chi connectivity index (χ3n) is 6.73. The van der Waals surface area contributed by atoms with Gasteiger partial charge in [0, 0.05) is 49.5 Å². The predicted molar refractivity (Wildman–Crippen MR) is 104 cm³/mol. The molecule has 1 N–H and O–H groups in total. The van der Waals surface area contributed by atoms with Crippen molar-refractivity contribution in [3.05, 3.63) is 56.9 Å². The Kier molecular flexibility index (Phi) is 4.24. The molecule has 1 aliphatic carbocycles. The summed E-state index contributed by atoms with van der Waals surface area (Å²) < 4.78 is 7.48. The molecule has 152 valence electrons. The molecule has 0 unspecified atom stereocenters. The number of aryl methyl sites for hydroxylation is 2. The molecule has 3 aliphatic rings. The Bertz CT molecular complexity index is 1070. The zero-order chi connectivity index (χ0) is 20.3. The van der Waals surface area contributed by atoms with Crippen LogP contribution in [0.2, 0.25) is 0 Å². The molecule has 4 heterocycles. The minimum atomic E-state index is -0.341. The SMILES string of the molecule is Cc1oc2c(c1C(=O)N1C[C@H]3C[C@@H](C1)[C@H](CO)n1c3cccc1=O)C(=O)CCC2. The third-order valence-corrected chi connectivity index (χ3v) is 6.73. The molecule has 1 fully saturated rings. The van der Waals surface area contributed by atoms with E-state index in [1.165, 1.54) is 6.07 Å². The molecule has 0 spiro atoms. The van der Waals surface area contributed by atoms with Crippen molar-refractivity contribution in [1.29, 1.82) is 0 Å². The van der Waals surface area contributed by atoms with Gasteiger partial charge in [-0.25, -0.2) is 0 Å². The molecule has 2 aromatic rings. The lowest BCUT2D eigenvalue weighted by atomic mass is 9.78. The summed E-state index contributed by atoms with van der Waals surface area (Å²) in [5.41, 5.74) is 1.62. The van der Waals surface area contributed by atoms with Crippen LogP contribution in [0.1, 0.15) is 69.2 Å². The van der Waals surface area contributed by atoms with Gasteiger partial charge in [-0.2, -0.15) is 0 Å². The number of aromatic nitrogens is 1. The van der Waals surface area contributed by atoms with Gasteiger partial charge in [0.25, 0.3) is 11.5 Å². The first kappa shape index (κ1) is 18.4. The Hall–Kier alpha value is -2.67. The van der Waals surface area contributed by atoms with Crippen molar-refractivity contribution >= 4 is 11.7 Å². The first-order valence-corrected chi connectivity index (χ1v) is 10.3. The van der Waals surface area contributed by atoms with Gasteiger partial charge in [0.15, 0.2) is 5.78 Å². The minimum absolute atomic E-state index is 0.00552. The fraction of sp³-hybridized carbons (Fsp3) is 0.500. The van der Waals surface area contributed by atoms with Crippen molar-refractivity contribution in [3.63, 3.8) is 0 Å². The Balaban J connectivity index is 1.53. The highest BCUT2D eigenvalue weighted by Crippen LogP contribution is 2.42. The van der Waals surface area contributed by atoms with Crippen LogP contribution in [-0.4, -0.2) is 46.0 Å². The van der Waals surface area contributed by atoms with Crippen LogP contribution >= 0.6 is 0 Å². The number of hydrogen-bond donors (Lipinski definition) is 1. The molecule has 7 heteroatoms. The van der Waals surface area contributed by atoms with Gasteiger partial charge < -0.3 is 19.0 Å². The minimum Gasteiger partial charge on any atom is -0.465 e. The molecular weight excluding hydrogens is 372 g/mol. The van der Waals surface area contributed by atoms with E-state index in [0.717, 1.165) is 18.5 Å². The van der Waals surface area contributed by atoms with E-state index in [0.29, 0.717) is 48.6 Å². The Labute approximate surface area is 167 Å². The van der Waals surface area contributed by atoms with Gasteiger partial charge in [-0.05, 0) is 25.8 Å². The number of carbonyl (C=O) groups is 2. The number of nitrogens with zero attached hydrogens (tertiary/aromatic N) is 2. The molecule has 1 amide bonds. The van der Waals surface area contributed by atoms with E-state index in [1.807, 2.05) is 6.07 Å². The molecule has 3 atom stereocenters. The van der Waals surface area contributed by atoms with Crippen LogP contribution in [0, 0.1) is 12.8 Å². The maximum atomic E-state index is 13.5. The molecule has 2 aliphatic heterocycles. The van der Waals surface area contributed by atoms with Crippen molar-refractivity contribution in [1.82, 2.24) is 9.47 Å². The molecule has 2 aromatic heterocycles. The smallest absolute Gasteiger partial charge is 0.258 e. The molecule has 0 aromatic carbocycles. The summed E-state index contributed by atoms with van der Waals surface area (Å²) in [6.45, 7) is 2.55. The molecule has 0 radical (unpaired) electrons. The van der Waals surface area contributed by atoms with E-state index in [-0.39, 0.29) is 41.7 Å². The number of hydrogen-bond acceptors (Lipinski definition) is 5. The summed E-state index contributed by atoms with van der Waals surface area (Å²) >= 11 is 0. The lowest BCUT2D eigenvalue weighted by Crippen LogP contribution is -2.52. The van der Waals surface area contributed by atoms with Crippen LogP contribution in [-0.2, 0) is 6.42 Å². The molecule has 1 saturated heterocycles. The first-order chi connectivity index (χ1) is 14.0. The third kappa shape index (κ3) is 2.71. The van der Waals surface area contributed by atoms with Gasteiger partial charge in [0.2, 0.25) is 0 Å². The van der Waals surface area contributed by atoms with Gasteiger partial charge in [0.1, 0.15) is 11.5 Å². The van der Waals surface area contributed by atoms with Gasteiger partial charge in [-0.15, -0.1) is 0 Å². The van der Waals surface area contributed by atoms with Gasteiger partial charge in [-0.3, -0.25) is 14.4 Å². The zero-order valence-electron chi connectivity index (χ0n) is 16.4. The quantitative estimate of drug-likeness (QED) is 0.839. The van der Waals surface area contributed by atoms with Gasteiger partial charge in [-0.1, -0.05) is 6.07 Å². The second kappa shape index (κ2) is 6.69. The summed E-state index contributed by atoms with van der Waals surface area (Å²) in [7, 11) is 0. The zero-order valence-corrected chi connectivity index (χ0v) is 16.4. The fourth-order valence-electron chi connectivity index (χ4n) is 5.47. The monoisotopic (exact) mass is 396 g/mol. The molecule has 7 nitrogen and oxygen atoms in total. The topological polar surface area (TPSA) is 92.8 Å². The molecule has 29 heavy (non-hydrogen) atoms. The van der Waals surface area contributed by atoms with Crippen molar-refractivity contribution in [2.45, 2.75) is 44.6 Å². The molecule has 0 saturated carbocycles. The number of amides is 1. The number of aliphatic hydroxyl groups excluding tert-OH is 1. The summed E-state index contributed by atoms with van der Waals surface area (Å²) in [5.74, 6) is 0.961. The largest absolute Gasteiger partial charge is 0.465 e. The number of pyridine rings is 1. The van der Waals surface area contributed by atoms with Gasteiger partial charge in [0.05, 0.1) is 23.8 Å². The lowest BCUT2D eigenvalue weighted by molar-refractivity contribution is 0.0434. The number of Topliss-reactive ketones (excluding diaryl/α,β-unsaturated/α-hetero) is 1. The molecular formula is C22H24N2O5. The van der Waals surface area contributed by atoms with E-state index in [4.69, 9.17) is 4.42 Å². The number of carbonyl (C=O) groups excluding carboxylic acids is 2. The number of likely N-dealkylation sites (tertiary alicyclic amines) is 1. The summed E-state index contributed by atoms with van der Waals surface area (Å²) in [4.78, 5) is 40.2. The highest BCUT2D eigenvalue weighted by atomic mass is 16.3. The Morgan fingerprint density at radius 2 is 2.07 bits per heavy atom. The summed E-state index contributed by atoms with van der Waals surface area (Å²) in [6, 6.07) is 4.82. The summed E-state index contributed by atoms with van der Waals surface area (Å²) in [6.07, 6.45) is 2.72. The average Bonchev–Trinajstić information content (AvgIpc) is 3.05. The lowest BCUT2D eigenvalue weighted by Gasteiger charge is -2.46. The van der Waals surface area contributed by atoms with Crippen LogP contribution < -0.4 is 5.56 Å². The van der Waals surface area contributed by atoms with Crippen LogP contribution in [0.3, 0.4) is 0 Å². The highest BCUT2D eigenvalue weighted by Gasteiger charge is 2.43. The second-order valence-corrected chi connectivity index (χ2v) is 8.42. The van der Waals surface area contributed by atoms with Gasteiger partial charge >= 0.3 is 0 Å². The number of ketones is 1. The Morgan fingerprint density at radius 1 is 1.24 bits per heavy atom. The van der Waals surface area contributed by atoms with Crippen LogP contribution in [0.4, 0.5) is 0 Å². The number of rotatable bonds is 2. The number of fused-ring (bicyclic) bond motifs is 5. The van der Waals surface area contributed by atoms with Crippen molar-refractivity contribution in [2.24, 2.45) is 5.92 Å². The normalized spacial score (nSPS) is 25.5. The number of piperidine rings is 1. The van der Waals surface area contributed by atoms with Crippen LogP contribution in [0.25, 0.3) is 0 Å². The maximum Gasteiger partial charge on any atom is 0.258 e. The summed E-state index contributed by atoms with van der Waals surface area (Å²) in [5, 5.41) is 10.00. The van der Waals surface area contributed by atoms with E-state index in [2.05, 4.69) is 0 Å². The second-order valence-electron chi connectivity index (χ2n) is 8.42. The molecule has 2 bridgehead atoms. The predicted octanol–water partition coefficient (Wildman–Crippen LogP) is 2.06. The molecule has 5 rings (SSSR count). The van der Waals surface area contributed by atoms with Crippen LogP contribution in [0.5, 0.6) is 0 Å². The van der Waals surface area contributed by atoms with E-state index < -0.39 is 0 Å². The van der Waals surface area contributed by atoms with Crippen molar-refractivity contribution in [2.75, 3.05) is 19.7 Å². The van der Waals surface area contributed by atoms with E-state index >= 15 is 0 Å². The van der Waals surface area contributed by atoms with Crippen molar-refractivity contribution < 1.29 is 19.1 Å². The highest BCUT2D eigenvalue weighted by molar-refractivity contribution is 6.10. The Morgan fingerprint density at radius 3 is 2.86 bits per heavy atom. The number of aliphatic hydroxyl groups is 1. The standard InChI is InChI=1S/C22H24N2O5/c1-12-20(21-17(26)5-3-6-18(21)29-12)22(28)23-9-13-8-14(10-23)16(11-25)24-15(13)4-2-7-19(24)27/h2,4,7,13-14,16,25H,3,5-6,8-11H2,1H3/t13-,14+,16+/m1/s1. The van der Waals surface area contributed by atoms with Crippen LogP contribution in [0.15, 0.2) is 27.4 Å². The average molecular weight is 396 g/mol. The fourth-order valence-corrected chi connectivity index (χ4v) is 5.47. The van der Waals surface area contributed by atoms with E-state index in [9.17, 15) is 19.5 Å². The van der Waals surface area contributed by atoms with E-state index in [1.54, 1.807) is 22.5 Å². The number of furan rings is 1. The first-order valence-electron chi connectivity index (χ1n) is 10.3.